The number of hydrogen-bond donors (Lipinski definition) is 2. The Labute approximate surface area is 90.9 Å². The molecule has 74 valence electrons. The average molecular weight is 264 g/mol. The molecular formula is C9H14BrNOS. The van der Waals surface area contributed by atoms with Crippen molar-refractivity contribution in [3.63, 3.8) is 0 Å². The highest BCUT2D eigenvalue weighted by atomic mass is 79.9. The van der Waals surface area contributed by atoms with E-state index in [1.165, 1.54) is 10.4 Å². The SMILES string of the molecule is Cc1csc(CC(C)(N)CO)c1Br. The van der Waals surface area contributed by atoms with Gasteiger partial charge in [-0.3, -0.25) is 0 Å². The van der Waals surface area contributed by atoms with E-state index in [1.54, 1.807) is 11.3 Å². The molecule has 2 nitrogen and oxygen atoms in total. The molecule has 0 saturated carbocycles. The molecule has 0 aliphatic carbocycles. The number of aliphatic hydroxyl groups excluding tert-OH is 1. The molecule has 4 heteroatoms. The molecule has 3 N–H and O–H groups in total. The second-order valence-corrected chi connectivity index (χ2v) is 5.40. The fourth-order valence-corrected chi connectivity index (χ4v) is 2.83. The molecule has 1 rings (SSSR count). The summed E-state index contributed by atoms with van der Waals surface area (Å²) in [6.45, 7) is 3.92. The zero-order chi connectivity index (χ0) is 10.1. The van der Waals surface area contributed by atoms with Gasteiger partial charge in [-0.05, 0) is 40.7 Å². The number of rotatable bonds is 3. The van der Waals surface area contributed by atoms with Crippen LogP contribution in [0.25, 0.3) is 0 Å². The maximum absolute atomic E-state index is 9.02. The molecule has 1 aromatic heterocycles. The third kappa shape index (κ3) is 2.77. The lowest BCUT2D eigenvalue weighted by molar-refractivity contribution is 0.208. The lowest BCUT2D eigenvalue weighted by Crippen LogP contribution is -2.42. The van der Waals surface area contributed by atoms with Gasteiger partial charge in [0.05, 0.1) is 6.61 Å². The molecule has 1 atom stereocenters. The van der Waals surface area contributed by atoms with Crippen molar-refractivity contribution in [3.8, 4) is 0 Å². The van der Waals surface area contributed by atoms with Gasteiger partial charge in [0.15, 0.2) is 0 Å². The predicted molar refractivity (Wildman–Crippen MR) is 60.1 cm³/mol. The van der Waals surface area contributed by atoms with Crippen LogP contribution < -0.4 is 5.73 Å². The summed E-state index contributed by atoms with van der Waals surface area (Å²) in [4.78, 5) is 1.21. The van der Waals surface area contributed by atoms with Crippen molar-refractivity contribution >= 4 is 27.3 Å². The first-order valence-corrected chi connectivity index (χ1v) is 5.76. The summed E-state index contributed by atoms with van der Waals surface area (Å²) in [6, 6.07) is 0. The van der Waals surface area contributed by atoms with Gasteiger partial charge in [0.2, 0.25) is 0 Å². The summed E-state index contributed by atoms with van der Waals surface area (Å²) in [7, 11) is 0. The van der Waals surface area contributed by atoms with Crippen molar-refractivity contribution in [2.45, 2.75) is 25.8 Å². The Morgan fingerprint density at radius 2 is 2.31 bits per heavy atom. The third-order valence-electron chi connectivity index (χ3n) is 1.89. The van der Waals surface area contributed by atoms with Gasteiger partial charge in [0.25, 0.3) is 0 Å². The van der Waals surface area contributed by atoms with Crippen LogP contribution in [0.2, 0.25) is 0 Å². The molecule has 0 aliphatic heterocycles. The molecule has 1 unspecified atom stereocenters. The Hall–Kier alpha value is 0.100. The first-order chi connectivity index (χ1) is 5.96. The second kappa shape index (κ2) is 4.09. The smallest absolute Gasteiger partial charge is 0.0612 e. The van der Waals surface area contributed by atoms with E-state index >= 15 is 0 Å². The zero-order valence-corrected chi connectivity index (χ0v) is 10.2. The Balaban J connectivity index is 2.80. The van der Waals surface area contributed by atoms with Gasteiger partial charge < -0.3 is 10.8 Å². The van der Waals surface area contributed by atoms with Crippen LogP contribution in [0, 0.1) is 6.92 Å². The van der Waals surface area contributed by atoms with Crippen LogP contribution in [-0.4, -0.2) is 17.3 Å². The monoisotopic (exact) mass is 263 g/mol. The Bertz CT molecular complexity index is 296. The fourth-order valence-electron chi connectivity index (χ4n) is 1.02. The van der Waals surface area contributed by atoms with Crippen molar-refractivity contribution in [1.82, 2.24) is 0 Å². The van der Waals surface area contributed by atoms with Crippen molar-refractivity contribution in [2.75, 3.05) is 6.61 Å². The molecule has 0 saturated heterocycles. The molecule has 1 aromatic rings. The molecule has 1 heterocycles. The van der Waals surface area contributed by atoms with Crippen LogP contribution in [0.5, 0.6) is 0 Å². The van der Waals surface area contributed by atoms with E-state index in [-0.39, 0.29) is 6.61 Å². The molecule has 0 bridgehead atoms. The predicted octanol–water partition coefficient (Wildman–Crippen LogP) is 2.07. The van der Waals surface area contributed by atoms with Crippen LogP contribution in [-0.2, 0) is 6.42 Å². The van der Waals surface area contributed by atoms with Crippen LogP contribution in [0.1, 0.15) is 17.4 Å². The first-order valence-electron chi connectivity index (χ1n) is 4.08. The quantitative estimate of drug-likeness (QED) is 0.878. The van der Waals surface area contributed by atoms with Gasteiger partial charge >= 0.3 is 0 Å². The Kier molecular flexibility index (Phi) is 3.51. The molecule has 0 fully saturated rings. The van der Waals surface area contributed by atoms with Crippen molar-refractivity contribution in [1.29, 1.82) is 0 Å². The van der Waals surface area contributed by atoms with E-state index < -0.39 is 5.54 Å². The lowest BCUT2D eigenvalue weighted by atomic mass is 9.99. The topological polar surface area (TPSA) is 46.2 Å². The number of aryl methyl sites for hydroxylation is 1. The van der Waals surface area contributed by atoms with Crippen LogP contribution in [0.4, 0.5) is 0 Å². The average Bonchev–Trinajstić information content (AvgIpc) is 2.36. The van der Waals surface area contributed by atoms with Gasteiger partial charge in [-0.25, -0.2) is 0 Å². The minimum Gasteiger partial charge on any atom is -0.394 e. The molecule has 13 heavy (non-hydrogen) atoms. The van der Waals surface area contributed by atoms with Gasteiger partial charge in [-0.2, -0.15) is 0 Å². The largest absolute Gasteiger partial charge is 0.394 e. The second-order valence-electron chi connectivity index (χ2n) is 3.64. The fraction of sp³-hybridized carbons (Fsp3) is 0.556. The summed E-state index contributed by atoms with van der Waals surface area (Å²) < 4.78 is 1.13. The minimum absolute atomic E-state index is 0.0103. The maximum Gasteiger partial charge on any atom is 0.0612 e. The Morgan fingerprint density at radius 1 is 1.69 bits per heavy atom. The third-order valence-corrected chi connectivity index (χ3v) is 4.37. The van der Waals surface area contributed by atoms with E-state index in [4.69, 9.17) is 10.8 Å². The van der Waals surface area contributed by atoms with Crippen LogP contribution >= 0.6 is 27.3 Å². The number of nitrogens with two attached hydrogens (primary N) is 1. The highest BCUT2D eigenvalue weighted by Gasteiger charge is 2.20. The van der Waals surface area contributed by atoms with Crippen LogP contribution in [0.15, 0.2) is 9.85 Å². The number of aliphatic hydroxyl groups is 1. The highest BCUT2D eigenvalue weighted by Crippen LogP contribution is 2.29. The minimum atomic E-state index is -0.514. The summed E-state index contributed by atoms with van der Waals surface area (Å²) >= 11 is 5.19. The first kappa shape index (κ1) is 11.2. The number of halogens is 1. The van der Waals surface area contributed by atoms with Crippen molar-refractivity contribution in [3.05, 3.63) is 20.3 Å². The van der Waals surface area contributed by atoms with Gasteiger partial charge in [0.1, 0.15) is 0 Å². The van der Waals surface area contributed by atoms with Gasteiger partial charge in [-0.1, -0.05) is 0 Å². The molecule has 0 aliphatic rings. The van der Waals surface area contributed by atoms with Gasteiger partial charge in [0, 0.05) is 21.3 Å². The van der Waals surface area contributed by atoms with E-state index in [0.29, 0.717) is 6.42 Å². The van der Waals surface area contributed by atoms with E-state index in [2.05, 4.69) is 28.2 Å². The zero-order valence-electron chi connectivity index (χ0n) is 7.80. The van der Waals surface area contributed by atoms with Gasteiger partial charge in [-0.15, -0.1) is 11.3 Å². The van der Waals surface area contributed by atoms with Crippen molar-refractivity contribution in [2.24, 2.45) is 5.73 Å². The normalized spacial score (nSPS) is 15.8. The summed E-state index contributed by atoms with van der Waals surface area (Å²) in [5.41, 5.74) is 6.58. The van der Waals surface area contributed by atoms with E-state index in [0.717, 1.165) is 4.47 Å². The standard InChI is InChI=1S/C9H14BrNOS/c1-6-4-13-7(8(6)10)3-9(2,11)5-12/h4,12H,3,5,11H2,1-2H3. The lowest BCUT2D eigenvalue weighted by Gasteiger charge is -2.20. The molecule has 0 amide bonds. The summed E-state index contributed by atoms with van der Waals surface area (Å²) in [5, 5.41) is 11.1. The molecule has 0 radical (unpaired) electrons. The summed E-state index contributed by atoms with van der Waals surface area (Å²) in [5.74, 6) is 0. The van der Waals surface area contributed by atoms with Crippen molar-refractivity contribution < 1.29 is 5.11 Å². The summed E-state index contributed by atoms with van der Waals surface area (Å²) in [6.07, 6.45) is 0.711. The Morgan fingerprint density at radius 3 is 2.69 bits per heavy atom. The maximum atomic E-state index is 9.02. The van der Waals surface area contributed by atoms with Crippen LogP contribution in [0.3, 0.4) is 0 Å². The number of hydrogen-bond acceptors (Lipinski definition) is 3. The van der Waals surface area contributed by atoms with E-state index in [1.807, 2.05) is 6.92 Å². The highest BCUT2D eigenvalue weighted by molar-refractivity contribution is 9.10. The number of thiophene rings is 1. The molecule has 0 spiro atoms. The van der Waals surface area contributed by atoms with E-state index in [9.17, 15) is 0 Å². The molecule has 0 aromatic carbocycles. The molecular weight excluding hydrogens is 250 g/mol.